The van der Waals surface area contributed by atoms with Gasteiger partial charge in [0.25, 0.3) is 6.01 Å². The highest BCUT2D eigenvalue weighted by Crippen LogP contribution is 2.33. The van der Waals surface area contributed by atoms with E-state index in [1.807, 2.05) is 36.4 Å². The first-order valence-electron chi connectivity index (χ1n) is 8.73. The molecule has 0 saturated heterocycles. The van der Waals surface area contributed by atoms with Crippen molar-refractivity contribution in [2.45, 2.75) is 0 Å². The Kier molecular flexibility index (Phi) is 5.11. The zero-order valence-corrected chi connectivity index (χ0v) is 15.6. The van der Waals surface area contributed by atoms with Gasteiger partial charge in [-0.25, -0.2) is 4.98 Å². The van der Waals surface area contributed by atoms with Gasteiger partial charge in [-0.2, -0.15) is 5.10 Å². The van der Waals surface area contributed by atoms with Crippen molar-refractivity contribution in [1.29, 1.82) is 0 Å². The maximum Gasteiger partial charge on any atom is 0.299 e. The first-order valence-corrected chi connectivity index (χ1v) is 8.73. The van der Waals surface area contributed by atoms with Crippen LogP contribution in [0.1, 0.15) is 0 Å². The van der Waals surface area contributed by atoms with Gasteiger partial charge in [0.05, 0.1) is 31.6 Å². The number of rotatable bonds is 8. The second-order valence-corrected chi connectivity index (χ2v) is 6.03. The predicted molar refractivity (Wildman–Crippen MR) is 105 cm³/mol. The summed E-state index contributed by atoms with van der Waals surface area (Å²) in [6, 6.07) is 11.8. The molecule has 2 aromatic carbocycles. The van der Waals surface area contributed by atoms with Gasteiger partial charge in [-0.1, -0.05) is 0 Å². The summed E-state index contributed by atoms with van der Waals surface area (Å²) in [5, 5.41) is 11.1. The molecular weight excluding hydrogens is 360 g/mol. The lowest BCUT2D eigenvalue weighted by molar-refractivity contribution is 0.144. The van der Waals surface area contributed by atoms with E-state index < -0.39 is 0 Å². The zero-order valence-electron chi connectivity index (χ0n) is 15.6. The monoisotopic (exact) mass is 380 g/mol. The third kappa shape index (κ3) is 3.77. The number of nitrogens with one attached hydrogen (secondary N) is 2. The lowest BCUT2D eigenvalue weighted by Crippen LogP contribution is -2.05. The molecule has 0 saturated carbocycles. The lowest BCUT2D eigenvalue weighted by atomic mass is 10.1. The Morgan fingerprint density at radius 3 is 2.82 bits per heavy atom. The van der Waals surface area contributed by atoms with Gasteiger partial charge < -0.3 is 23.9 Å². The molecule has 0 radical (unpaired) electrons. The van der Waals surface area contributed by atoms with Crippen molar-refractivity contribution in [3.8, 4) is 22.8 Å². The van der Waals surface area contributed by atoms with Gasteiger partial charge in [-0.15, -0.1) is 0 Å². The van der Waals surface area contributed by atoms with E-state index in [0.29, 0.717) is 36.5 Å². The molecule has 8 nitrogen and oxygen atoms in total. The molecule has 4 aromatic rings. The maximum absolute atomic E-state index is 5.85. The Hall–Kier alpha value is -3.52. The van der Waals surface area contributed by atoms with Crippen molar-refractivity contribution < 1.29 is 18.6 Å². The summed E-state index contributed by atoms with van der Waals surface area (Å²) in [6.07, 6.45) is 3.43. The smallest absolute Gasteiger partial charge is 0.299 e. The Morgan fingerprint density at radius 2 is 1.96 bits per heavy atom. The third-order valence-corrected chi connectivity index (χ3v) is 4.19. The molecule has 2 N–H and O–H groups in total. The zero-order chi connectivity index (χ0) is 19.3. The molecule has 0 atom stereocenters. The van der Waals surface area contributed by atoms with E-state index >= 15 is 0 Å². The normalized spacial score (nSPS) is 10.9. The summed E-state index contributed by atoms with van der Waals surface area (Å²) >= 11 is 0. The molecule has 4 rings (SSSR count). The summed E-state index contributed by atoms with van der Waals surface area (Å²) in [4.78, 5) is 4.31. The van der Waals surface area contributed by atoms with Gasteiger partial charge >= 0.3 is 0 Å². The highest BCUT2D eigenvalue weighted by molar-refractivity contribution is 5.82. The number of methoxy groups -OCH3 is 2. The number of H-pyrrole nitrogens is 1. The highest BCUT2D eigenvalue weighted by Gasteiger charge is 2.12. The minimum Gasteiger partial charge on any atom is -0.493 e. The molecule has 0 aliphatic carbocycles. The predicted octanol–water partition coefficient (Wildman–Crippen LogP) is 4.00. The molecule has 8 heteroatoms. The average molecular weight is 380 g/mol. The topological polar surface area (TPSA) is 94.4 Å². The number of anilines is 2. The fourth-order valence-corrected chi connectivity index (χ4v) is 2.79. The van der Waals surface area contributed by atoms with Crippen LogP contribution in [-0.4, -0.2) is 42.6 Å². The number of nitrogens with zero attached hydrogens (tertiary/aromatic N) is 2. The molecule has 0 aliphatic heterocycles. The Morgan fingerprint density at radius 1 is 1.04 bits per heavy atom. The van der Waals surface area contributed by atoms with Crippen LogP contribution >= 0.6 is 0 Å². The van der Waals surface area contributed by atoms with Gasteiger partial charge in [0.15, 0.2) is 17.3 Å². The van der Waals surface area contributed by atoms with Crippen LogP contribution in [-0.2, 0) is 4.74 Å². The van der Waals surface area contributed by atoms with Crippen LogP contribution in [0.3, 0.4) is 0 Å². The van der Waals surface area contributed by atoms with Crippen LogP contribution in [0.5, 0.6) is 11.5 Å². The first-order chi connectivity index (χ1) is 13.8. The van der Waals surface area contributed by atoms with E-state index in [1.165, 1.54) is 0 Å². The van der Waals surface area contributed by atoms with Crippen LogP contribution in [0.4, 0.5) is 11.7 Å². The number of fused-ring (bicyclic) bond motifs is 1. The quantitative estimate of drug-likeness (QED) is 0.446. The van der Waals surface area contributed by atoms with E-state index in [-0.39, 0.29) is 0 Å². The number of benzene rings is 2. The number of aromatic amines is 1. The second kappa shape index (κ2) is 8.01. The van der Waals surface area contributed by atoms with Crippen LogP contribution in [0.15, 0.2) is 53.2 Å². The van der Waals surface area contributed by atoms with Crippen molar-refractivity contribution >= 4 is 22.6 Å². The molecule has 0 amide bonds. The standard InChI is InChI=1S/C20H20N4O4/c1-25-7-8-27-18-10-13(3-6-17(18)26-2)19-12-21-20(28-19)23-15-4-5-16-14(9-15)11-22-24-16/h3-6,9-12H,7-8H2,1-2H3,(H,21,23)(H,22,24). The van der Waals surface area contributed by atoms with Crippen molar-refractivity contribution in [2.75, 3.05) is 32.8 Å². The number of hydrogen-bond acceptors (Lipinski definition) is 7. The van der Waals surface area contributed by atoms with E-state index in [1.54, 1.807) is 26.6 Å². The Balaban J connectivity index is 1.53. The Bertz CT molecular complexity index is 1070. The van der Waals surface area contributed by atoms with Crippen molar-refractivity contribution in [3.05, 3.63) is 48.8 Å². The summed E-state index contributed by atoms with van der Waals surface area (Å²) < 4.78 is 22.0. The summed E-state index contributed by atoms with van der Waals surface area (Å²) in [5.74, 6) is 1.88. The molecule has 0 spiro atoms. The van der Waals surface area contributed by atoms with Crippen LogP contribution in [0.25, 0.3) is 22.2 Å². The minimum absolute atomic E-state index is 0.399. The first kappa shape index (κ1) is 17.9. The average Bonchev–Trinajstić information content (AvgIpc) is 3.37. The molecule has 0 bridgehead atoms. The van der Waals surface area contributed by atoms with E-state index in [2.05, 4.69) is 20.5 Å². The van der Waals surface area contributed by atoms with E-state index in [9.17, 15) is 0 Å². The summed E-state index contributed by atoms with van der Waals surface area (Å²) in [6.45, 7) is 0.917. The SMILES string of the molecule is COCCOc1cc(-c2cnc(Nc3ccc4[nH]ncc4c3)o2)ccc1OC. The molecular formula is C20H20N4O4. The Labute approximate surface area is 161 Å². The molecule has 2 aromatic heterocycles. The van der Waals surface area contributed by atoms with Gasteiger partial charge in [0.2, 0.25) is 0 Å². The second-order valence-electron chi connectivity index (χ2n) is 6.03. The fourth-order valence-electron chi connectivity index (χ4n) is 2.79. The number of oxazole rings is 1. The maximum atomic E-state index is 5.85. The largest absolute Gasteiger partial charge is 0.493 e. The summed E-state index contributed by atoms with van der Waals surface area (Å²) in [7, 11) is 3.23. The van der Waals surface area contributed by atoms with Gasteiger partial charge in [0, 0.05) is 23.7 Å². The molecule has 144 valence electrons. The van der Waals surface area contributed by atoms with E-state index in [0.717, 1.165) is 22.2 Å². The molecule has 0 unspecified atom stereocenters. The van der Waals surface area contributed by atoms with Crippen molar-refractivity contribution in [1.82, 2.24) is 15.2 Å². The van der Waals surface area contributed by atoms with Gasteiger partial charge in [0.1, 0.15) is 6.61 Å². The lowest BCUT2D eigenvalue weighted by Gasteiger charge is -2.11. The van der Waals surface area contributed by atoms with Crippen LogP contribution in [0, 0.1) is 0 Å². The number of ether oxygens (including phenoxy) is 3. The molecule has 0 fully saturated rings. The number of hydrogen-bond donors (Lipinski definition) is 2. The van der Waals surface area contributed by atoms with Crippen molar-refractivity contribution in [2.24, 2.45) is 0 Å². The molecule has 0 aliphatic rings. The van der Waals surface area contributed by atoms with Gasteiger partial charge in [-0.3, -0.25) is 5.10 Å². The number of aromatic nitrogens is 3. The fraction of sp³-hybridized carbons (Fsp3) is 0.200. The molecule has 2 heterocycles. The van der Waals surface area contributed by atoms with Crippen LogP contribution < -0.4 is 14.8 Å². The molecule has 28 heavy (non-hydrogen) atoms. The van der Waals surface area contributed by atoms with E-state index in [4.69, 9.17) is 18.6 Å². The van der Waals surface area contributed by atoms with Gasteiger partial charge in [-0.05, 0) is 36.4 Å². The van der Waals surface area contributed by atoms with Crippen LogP contribution in [0.2, 0.25) is 0 Å². The minimum atomic E-state index is 0.399. The summed E-state index contributed by atoms with van der Waals surface area (Å²) in [5.41, 5.74) is 2.66. The third-order valence-electron chi connectivity index (χ3n) is 4.19. The highest BCUT2D eigenvalue weighted by atomic mass is 16.5. The van der Waals surface area contributed by atoms with Crippen molar-refractivity contribution in [3.63, 3.8) is 0 Å².